The quantitative estimate of drug-likeness (QED) is 0.755. The standard InChI is InChI=1S/C14H20ClNO4/c1-9(17)12-8-11(15)4-5-13(12)20-10(2)14(18)16-6-7-19-3/h4-5,8-10,17H,6-7H2,1-3H3,(H,16,18). The number of amides is 1. The highest BCUT2D eigenvalue weighted by Crippen LogP contribution is 2.29. The summed E-state index contributed by atoms with van der Waals surface area (Å²) in [5.74, 6) is 0.201. The van der Waals surface area contributed by atoms with E-state index in [9.17, 15) is 9.90 Å². The van der Waals surface area contributed by atoms with Crippen LogP contribution in [0.5, 0.6) is 5.75 Å². The Bertz CT molecular complexity index is 451. The zero-order valence-corrected chi connectivity index (χ0v) is 12.6. The number of aliphatic hydroxyl groups is 1. The van der Waals surface area contributed by atoms with Gasteiger partial charge in [0, 0.05) is 24.2 Å². The van der Waals surface area contributed by atoms with E-state index in [1.165, 1.54) is 0 Å². The molecule has 2 atom stereocenters. The van der Waals surface area contributed by atoms with Crippen LogP contribution < -0.4 is 10.1 Å². The number of nitrogens with one attached hydrogen (secondary N) is 1. The Kier molecular flexibility index (Phi) is 6.78. The summed E-state index contributed by atoms with van der Waals surface area (Å²) >= 11 is 5.88. The van der Waals surface area contributed by atoms with Crippen molar-refractivity contribution in [2.24, 2.45) is 0 Å². The predicted molar refractivity (Wildman–Crippen MR) is 77.1 cm³/mol. The molecule has 2 N–H and O–H groups in total. The molecule has 0 aliphatic heterocycles. The number of hydrogen-bond acceptors (Lipinski definition) is 4. The van der Waals surface area contributed by atoms with Gasteiger partial charge < -0.3 is 19.9 Å². The molecule has 0 aliphatic carbocycles. The Morgan fingerprint density at radius 1 is 1.45 bits per heavy atom. The Hall–Kier alpha value is -1.30. The molecule has 1 aromatic rings. The van der Waals surface area contributed by atoms with E-state index in [0.717, 1.165) is 0 Å². The van der Waals surface area contributed by atoms with Crippen LogP contribution in [0, 0.1) is 0 Å². The maximum atomic E-state index is 11.8. The van der Waals surface area contributed by atoms with Gasteiger partial charge in [0.15, 0.2) is 6.10 Å². The molecule has 1 amide bonds. The Morgan fingerprint density at radius 3 is 2.75 bits per heavy atom. The third-order valence-electron chi connectivity index (χ3n) is 2.70. The minimum absolute atomic E-state index is 0.242. The highest BCUT2D eigenvalue weighted by molar-refractivity contribution is 6.30. The lowest BCUT2D eigenvalue weighted by Gasteiger charge is -2.18. The number of methoxy groups -OCH3 is 1. The Labute approximate surface area is 123 Å². The van der Waals surface area contributed by atoms with E-state index in [1.807, 2.05) is 0 Å². The monoisotopic (exact) mass is 301 g/mol. The van der Waals surface area contributed by atoms with Crippen LogP contribution in [0.4, 0.5) is 0 Å². The molecular weight excluding hydrogens is 282 g/mol. The van der Waals surface area contributed by atoms with Crippen LogP contribution in [0.15, 0.2) is 18.2 Å². The number of carbonyl (C=O) groups is 1. The van der Waals surface area contributed by atoms with E-state index >= 15 is 0 Å². The highest BCUT2D eigenvalue weighted by Gasteiger charge is 2.17. The van der Waals surface area contributed by atoms with Crippen LogP contribution >= 0.6 is 11.6 Å². The average molecular weight is 302 g/mol. The van der Waals surface area contributed by atoms with Gasteiger partial charge in [0.25, 0.3) is 5.91 Å². The maximum absolute atomic E-state index is 11.8. The minimum atomic E-state index is -0.729. The smallest absolute Gasteiger partial charge is 0.260 e. The molecule has 0 aliphatic rings. The molecule has 0 fully saturated rings. The second kappa shape index (κ2) is 8.09. The molecule has 112 valence electrons. The summed E-state index contributed by atoms with van der Waals surface area (Å²) in [7, 11) is 1.56. The van der Waals surface area contributed by atoms with Crippen LogP contribution in [0.2, 0.25) is 5.02 Å². The Morgan fingerprint density at radius 2 is 2.15 bits per heavy atom. The summed E-state index contributed by atoms with van der Waals surface area (Å²) in [6.45, 7) is 4.12. The third kappa shape index (κ3) is 5.00. The van der Waals surface area contributed by atoms with Gasteiger partial charge in [0.05, 0.1) is 12.7 Å². The summed E-state index contributed by atoms with van der Waals surface area (Å²) < 4.78 is 10.4. The van der Waals surface area contributed by atoms with Crippen molar-refractivity contribution in [1.82, 2.24) is 5.32 Å². The van der Waals surface area contributed by atoms with E-state index in [-0.39, 0.29) is 5.91 Å². The molecule has 6 heteroatoms. The number of carbonyl (C=O) groups excluding carboxylic acids is 1. The molecule has 0 saturated carbocycles. The summed E-state index contributed by atoms with van der Waals surface area (Å²) in [5, 5.41) is 12.9. The van der Waals surface area contributed by atoms with Gasteiger partial charge in [0.2, 0.25) is 0 Å². The molecule has 2 unspecified atom stereocenters. The number of benzene rings is 1. The van der Waals surface area contributed by atoms with Gasteiger partial charge >= 0.3 is 0 Å². The van der Waals surface area contributed by atoms with Gasteiger partial charge in [0.1, 0.15) is 5.75 Å². The topological polar surface area (TPSA) is 67.8 Å². The first kappa shape index (κ1) is 16.8. The van der Waals surface area contributed by atoms with E-state index in [0.29, 0.717) is 29.5 Å². The van der Waals surface area contributed by atoms with Crippen LogP contribution in [-0.4, -0.2) is 37.4 Å². The molecule has 0 aromatic heterocycles. The summed E-state index contributed by atoms with van der Waals surface area (Å²) in [5.41, 5.74) is 0.550. The maximum Gasteiger partial charge on any atom is 0.260 e. The van der Waals surface area contributed by atoms with Crippen molar-refractivity contribution < 1.29 is 19.4 Å². The second-order valence-electron chi connectivity index (χ2n) is 4.40. The fraction of sp³-hybridized carbons (Fsp3) is 0.500. The summed E-state index contributed by atoms with van der Waals surface area (Å²) in [6, 6.07) is 4.92. The normalized spacial score (nSPS) is 13.7. The molecule has 5 nitrogen and oxygen atoms in total. The fourth-order valence-electron chi connectivity index (χ4n) is 1.62. The largest absolute Gasteiger partial charge is 0.481 e. The van der Waals surface area contributed by atoms with Gasteiger partial charge in [-0.2, -0.15) is 0 Å². The van der Waals surface area contributed by atoms with E-state index in [4.69, 9.17) is 21.1 Å². The van der Waals surface area contributed by atoms with Crippen LogP contribution in [0.1, 0.15) is 25.5 Å². The van der Waals surface area contributed by atoms with Gasteiger partial charge in [-0.15, -0.1) is 0 Å². The molecule has 0 radical (unpaired) electrons. The molecular formula is C14H20ClNO4. The van der Waals surface area contributed by atoms with E-state index in [2.05, 4.69) is 5.32 Å². The molecule has 1 aromatic carbocycles. The zero-order valence-electron chi connectivity index (χ0n) is 11.9. The Balaban J connectivity index is 2.70. The van der Waals surface area contributed by atoms with Crippen molar-refractivity contribution in [3.05, 3.63) is 28.8 Å². The fourth-order valence-corrected chi connectivity index (χ4v) is 1.80. The zero-order chi connectivity index (χ0) is 15.1. The first-order valence-corrected chi connectivity index (χ1v) is 6.74. The molecule has 0 heterocycles. The minimum Gasteiger partial charge on any atom is -0.481 e. The second-order valence-corrected chi connectivity index (χ2v) is 4.84. The van der Waals surface area contributed by atoms with Crippen molar-refractivity contribution in [1.29, 1.82) is 0 Å². The van der Waals surface area contributed by atoms with Crippen molar-refractivity contribution >= 4 is 17.5 Å². The average Bonchev–Trinajstić information content (AvgIpc) is 2.40. The number of halogens is 1. The first-order chi connectivity index (χ1) is 9.45. The highest BCUT2D eigenvalue weighted by atomic mass is 35.5. The lowest BCUT2D eigenvalue weighted by molar-refractivity contribution is -0.127. The number of aliphatic hydroxyl groups excluding tert-OH is 1. The number of hydrogen-bond donors (Lipinski definition) is 2. The lowest BCUT2D eigenvalue weighted by atomic mass is 10.1. The molecule has 0 bridgehead atoms. The SMILES string of the molecule is COCCNC(=O)C(C)Oc1ccc(Cl)cc1C(C)O. The van der Waals surface area contributed by atoms with Crippen LogP contribution in [-0.2, 0) is 9.53 Å². The van der Waals surface area contributed by atoms with Crippen LogP contribution in [0.25, 0.3) is 0 Å². The van der Waals surface area contributed by atoms with Crippen LogP contribution in [0.3, 0.4) is 0 Å². The van der Waals surface area contributed by atoms with Gasteiger partial charge in [-0.1, -0.05) is 11.6 Å². The molecule has 0 spiro atoms. The van der Waals surface area contributed by atoms with Gasteiger partial charge in [-0.3, -0.25) is 4.79 Å². The van der Waals surface area contributed by atoms with Crippen molar-refractivity contribution in [3.63, 3.8) is 0 Å². The van der Waals surface area contributed by atoms with Gasteiger partial charge in [-0.05, 0) is 32.0 Å². The van der Waals surface area contributed by atoms with E-state index in [1.54, 1.807) is 39.2 Å². The van der Waals surface area contributed by atoms with Crippen molar-refractivity contribution in [2.75, 3.05) is 20.3 Å². The van der Waals surface area contributed by atoms with Gasteiger partial charge in [-0.25, -0.2) is 0 Å². The third-order valence-corrected chi connectivity index (χ3v) is 2.94. The number of rotatable bonds is 7. The number of ether oxygens (including phenoxy) is 2. The first-order valence-electron chi connectivity index (χ1n) is 6.36. The van der Waals surface area contributed by atoms with E-state index < -0.39 is 12.2 Å². The van der Waals surface area contributed by atoms with Crippen molar-refractivity contribution in [2.45, 2.75) is 26.1 Å². The predicted octanol–water partition coefficient (Wildman–Crippen LogP) is 1.92. The molecule has 20 heavy (non-hydrogen) atoms. The molecule has 1 rings (SSSR count). The lowest BCUT2D eigenvalue weighted by Crippen LogP contribution is -2.38. The summed E-state index contributed by atoms with van der Waals surface area (Å²) in [6.07, 6.45) is -1.40. The van der Waals surface area contributed by atoms with Crippen molar-refractivity contribution in [3.8, 4) is 5.75 Å². The summed E-state index contributed by atoms with van der Waals surface area (Å²) in [4.78, 5) is 11.8. The molecule has 0 saturated heterocycles.